The second-order valence-electron chi connectivity index (χ2n) is 5.12. The lowest BCUT2D eigenvalue weighted by atomic mass is 10.3. The molecule has 1 amide bonds. The number of primary sulfonamides is 1. The summed E-state index contributed by atoms with van der Waals surface area (Å²) in [5.74, 6) is -0.306. The second kappa shape index (κ2) is 7.76. The van der Waals surface area contributed by atoms with Gasteiger partial charge in [0.15, 0.2) is 5.16 Å². The number of nitrogens with zero attached hydrogens (tertiary/aromatic N) is 2. The van der Waals surface area contributed by atoms with Gasteiger partial charge in [-0.25, -0.2) is 13.6 Å². The highest BCUT2D eigenvalue weighted by Gasteiger charge is 2.20. The minimum absolute atomic E-state index is 0.0422. The number of H-pyrrole nitrogens is 1. The normalized spacial score (nSPS) is 12.6. The molecule has 2 aromatic rings. The Morgan fingerprint density at radius 1 is 1.32 bits per heavy atom. The molecule has 0 fully saturated rings. The highest BCUT2D eigenvalue weighted by Crippen LogP contribution is 2.22. The molecule has 11 heteroatoms. The number of rotatable bonds is 6. The number of nitrogens with two attached hydrogens (primary N) is 1. The summed E-state index contributed by atoms with van der Waals surface area (Å²) in [6.07, 6.45) is 0.489. The molecule has 9 nitrogen and oxygen atoms in total. The van der Waals surface area contributed by atoms with E-state index in [2.05, 4.69) is 20.5 Å². The summed E-state index contributed by atoms with van der Waals surface area (Å²) >= 11 is 1.09. The summed E-state index contributed by atoms with van der Waals surface area (Å²) < 4.78 is 22.4. The average molecular weight is 383 g/mol. The Morgan fingerprint density at radius 3 is 2.48 bits per heavy atom. The van der Waals surface area contributed by atoms with Crippen LogP contribution >= 0.6 is 11.8 Å². The van der Waals surface area contributed by atoms with E-state index >= 15 is 0 Å². The molecular weight excluding hydrogens is 366 g/mol. The van der Waals surface area contributed by atoms with Crippen molar-refractivity contribution in [2.24, 2.45) is 5.14 Å². The molecule has 25 heavy (non-hydrogen) atoms. The number of carbonyl (C=O) groups excluding carboxylic acids is 1. The second-order valence-corrected chi connectivity index (χ2v) is 7.87. The lowest BCUT2D eigenvalue weighted by Gasteiger charge is -2.14. The predicted octanol–water partition coefficient (Wildman–Crippen LogP) is 0.630. The number of hydrogen-bond donors (Lipinski definition) is 3. The molecule has 4 N–H and O–H groups in total. The van der Waals surface area contributed by atoms with Crippen molar-refractivity contribution >= 4 is 33.4 Å². The molecular formula is C14H17N5O4S2. The zero-order valence-corrected chi connectivity index (χ0v) is 15.1. The summed E-state index contributed by atoms with van der Waals surface area (Å²) in [5.41, 5.74) is 0.322. The molecule has 0 aliphatic heterocycles. The Balaban J connectivity index is 2.09. The topological polar surface area (TPSA) is 148 Å². The molecule has 0 aliphatic carbocycles. The highest BCUT2D eigenvalue weighted by atomic mass is 32.2. The largest absolute Gasteiger partial charge is 0.325 e. The minimum atomic E-state index is -3.78. The molecule has 0 aliphatic rings. The van der Waals surface area contributed by atoms with Crippen molar-refractivity contribution in [3.8, 4) is 0 Å². The minimum Gasteiger partial charge on any atom is -0.325 e. The summed E-state index contributed by atoms with van der Waals surface area (Å²) in [6, 6.07) is 5.51. The fraction of sp³-hybridized carbons (Fsp3) is 0.286. The number of carbonyl (C=O) groups is 1. The van der Waals surface area contributed by atoms with Crippen molar-refractivity contribution in [2.45, 2.75) is 35.6 Å². The Kier molecular flexibility index (Phi) is 5.93. The fourth-order valence-electron chi connectivity index (χ4n) is 1.84. The van der Waals surface area contributed by atoms with Crippen molar-refractivity contribution in [3.05, 3.63) is 40.3 Å². The monoisotopic (exact) mass is 383 g/mol. The van der Waals surface area contributed by atoms with Gasteiger partial charge in [0.2, 0.25) is 15.9 Å². The summed E-state index contributed by atoms with van der Waals surface area (Å²) in [4.78, 5) is 26.4. The molecule has 134 valence electrons. The number of aromatic nitrogens is 3. The van der Waals surface area contributed by atoms with E-state index in [1.54, 1.807) is 0 Å². The zero-order valence-electron chi connectivity index (χ0n) is 13.5. The van der Waals surface area contributed by atoms with E-state index in [0.717, 1.165) is 11.8 Å². The van der Waals surface area contributed by atoms with Crippen LogP contribution in [0, 0.1) is 6.92 Å². The van der Waals surface area contributed by atoms with E-state index in [1.165, 1.54) is 31.2 Å². The molecule has 1 atom stereocenters. The van der Waals surface area contributed by atoms with Crippen molar-refractivity contribution in [1.82, 2.24) is 15.2 Å². The fourth-order valence-corrected chi connectivity index (χ4v) is 3.20. The van der Waals surface area contributed by atoms with Crippen LogP contribution in [-0.4, -0.2) is 34.8 Å². The Bertz CT molecular complexity index is 925. The van der Waals surface area contributed by atoms with Crippen LogP contribution in [0.25, 0.3) is 0 Å². The van der Waals surface area contributed by atoms with Crippen molar-refractivity contribution < 1.29 is 13.2 Å². The van der Waals surface area contributed by atoms with Crippen LogP contribution in [0.4, 0.5) is 5.69 Å². The molecule has 0 saturated carbocycles. The lowest BCUT2D eigenvalue weighted by molar-refractivity contribution is -0.115. The molecule has 1 unspecified atom stereocenters. The predicted molar refractivity (Wildman–Crippen MR) is 93.8 cm³/mol. The van der Waals surface area contributed by atoms with Gasteiger partial charge in [0.25, 0.3) is 5.56 Å². The first kappa shape index (κ1) is 19.1. The van der Waals surface area contributed by atoms with Crippen LogP contribution in [0.3, 0.4) is 0 Å². The Hall–Kier alpha value is -2.24. The van der Waals surface area contributed by atoms with Gasteiger partial charge in [0.1, 0.15) is 5.69 Å². The number of anilines is 1. The maximum atomic E-state index is 12.4. The molecule has 1 aromatic heterocycles. The van der Waals surface area contributed by atoms with Crippen molar-refractivity contribution in [3.63, 3.8) is 0 Å². The maximum Gasteiger partial charge on any atom is 0.273 e. The molecule has 0 saturated heterocycles. The average Bonchev–Trinajstić information content (AvgIpc) is 2.55. The van der Waals surface area contributed by atoms with E-state index in [4.69, 9.17) is 5.14 Å². The van der Waals surface area contributed by atoms with E-state index in [9.17, 15) is 18.0 Å². The summed E-state index contributed by atoms with van der Waals surface area (Å²) in [6.45, 7) is 3.36. The number of aryl methyl sites for hydroxylation is 1. The van der Waals surface area contributed by atoms with Gasteiger partial charge in [-0.15, -0.1) is 10.2 Å². The zero-order chi connectivity index (χ0) is 18.6. The highest BCUT2D eigenvalue weighted by molar-refractivity contribution is 8.00. The lowest BCUT2D eigenvalue weighted by Crippen LogP contribution is -2.25. The van der Waals surface area contributed by atoms with Gasteiger partial charge in [-0.05, 0) is 37.6 Å². The number of amides is 1. The van der Waals surface area contributed by atoms with Gasteiger partial charge in [0, 0.05) is 5.69 Å². The van der Waals surface area contributed by atoms with Gasteiger partial charge < -0.3 is 5.32 Å². The summed E-state index contributed by atoms with van der Waals surface area (Å²) in [7, 11) is -3.78. The van der Waals surface area contributed by atoms with Gasteiger partial charge in [-0.3, -0.25) is 14.6 Å². The van der Waals surface area contributed by atoms with Crippen LogP contribution in [0.1, 0.15) is 19.0 Å². The number of aromatic amines is 1. The molecule has 0 radical (unpaired) electrons. The van der Waals surface area contributed by atoms with Gasteiger partial charge in [-0.2, -0.15) is 0 Å². The maximum absolute atomic E-state index is 12.4. The van der Waals surface area contributed by atoms with Crippen LogP contribution < -0.4 is 16.0 Å². The Labute approximate surface area is 148 Å². The van der Waals surface area contributed by atoms with E-state index in [0.29, 0.717) is 12.1 Å². The Morgan fingerprint density at radius 2 is 1.96 bits per heavy atom. The first-order chi connectivity index (χ1) is 11.7. The number of thioether (sulfide) groups is 1. The van der Waals surface area contributed by atoms with Crippen LogP contribution in [0.2, 0.25) is 0 Å². The van der Waals surface area contributed by atoms with Crippen LogP contribution in [0.15, 0.2) is 39.1 Å². The summed E-state index contributed by atoms with van der Waals surface area (Å²) in [5, 5.41) is 15.0. The standard InChI is InChI=1S/C14H17N5O4S2/c1-3-11(24-14-17-12(20)8(2)18-19-14)13(21)16-9-4-6-10(7-5-9)25(15,22)23/h4-7,11H,3H2,1-2H3,(H,16,21)(H2,15,22,23)(H,17,19,20). The molecule has 1 heterocycles. The van der Waals surface area contributed by atoms with Gasteiger partial charge >= 0.3 is 0 Å². The number of benzene rings is 1. The molecule has 0 spiro atoms. The van der Waals surface area contributed by atoms with E-state index < -0.39 is 15.3 Å². The first-order valence-corrected chi connectivity index (χ1v) is 9.67. The van der Waals surface area contributed by atoms with E-state index in [1.807, 2.05) is 6.92 Å². The molecule has 0 bridgehead atoms. The van der Waals surface area contributed by atoms with Crippen molar-refractivity contribution in [1.29, 1.82) is 0 Å². The molecule has 2 rings (SSSR count). The third kappa shape index (κ3) is 5.11. The quantitative estimate of drug-likeness (QED) is 0.620. The van der Waals surface area contributed by atoms with Crippen molar-refractivity contribution in [2.75, 3.05) is 5.32 Å². The van der Waals surface area contributed by atoms with E-state index in [-0.39, 0.29) is 27.2 Å². The number of hydrogen-bond acceptors (Lipinski definition) is 7. The SMILES string of the molecule is CCC(Sc1nnc(C)c(=O)[nH]1)C(=O)Nc1ccc(S(N)(=O)=O)cc1. The third-order valence-electron chi connectivity index (χ3n) is 3.21. The van der Waals surface area contributed by atoms with Gasteiger partial charge in [0.05, 0.1) is 10.1 Å². The van der Waals surface area contributed by atoms with Crippen LogP contribution in [-0.2, 0) is 14.8 Å². The smallest absolute Gasteiger partial charge is 0.273 e. The third-order valence-corrected chi connectivity index (χ3v) is 5.38. The van der Waals surface area contributed by atoms with Crippen LogP contribution in [0.5, 0.6) is 0 Å². The molecule has 1 aromatic carbocycles. The number of nitrogens with one attached hydrogen (secondary N) is 2. The van der Waals surface area contributed by atoms with Gasteiger partial charge in [-0.1, -0.05) is 18.7 Å². The first-order valence-electron chi connectivity index (χ1n) is 7.24. The number of sulfonamides is 1.